The number of halogens is 1. The van der Waals surface area contributed by atoms with Gasteiger partial charge in [0.05, 0.1) is 0 Å². The normalized spacial score (nSPS) is 10.2. The third kappa shape index (κ3) is 3.76. The Morgan fingerprint density at radius 2 is 1.65 bits per heavy atom. The summed E-state index contributed by atoms with van der Waals surface area (Å²) >= 11 is 5.29. The van der Waals surface area contributed by atoms with Crippen molar-refractivity contribution in [3.8, 4) is 0 Å². The Labute approximate surface area is 115 Å². The molecular formula is C15H13BrS. The minimum atomic E-state index is 0.999. The van der Waals surface area contributed by atoms with Crippen molar-refractivity contribution in [2.45, 2.75) is 10.6 Å². The van der Waals surface area contributed by atoms with E-state index in [1.807, 2.05) is 17.8 Å². The molecule has 2 aromatic carbocycles. The summed E-state index contributed by atoms with van der Waals surface area (Å²) in [6, 6.07) is 16.9. The second-order valence-electron chi connectivity index (χ2n) is 3.69. The van der Waals surface area contributed by atoms with Gasteiger partial charge in [0.2, 0.25) is 0 Å². The van der Waals surface area contributed by atoms with E-state index in [1.165, 1.54) is 16.0 Å². The summed E-state index contributed by atoms with van der Waals surface area (Å²) in [7, 11) is 0. The van der Waals surface area contributed by atoms with Crippen LogP contribution in [0.1, 0.15) is 11.1 Å². The molecule has 0 amide bonds. The van der Waals surface area contributed by atoms with Gasteiger partial charge in [0, 0.05) is 15.1 Å². The topological polar surface area (TPSA) is 0 Å². The van der Waals surface area contributed by atoms with E-state index in [-0.39, 0.29) is 0 Å². The van der Waals surface area contributed by atoms with Crippen LogP contribution >= 0.6 is 27.7 Å². The Balaban J connectivity index is 1.97. The summed E-state index contributed by atoms with van der Waals surface area (Å²) < 4.78 is 1.12. The van der Waals surface area contributed by atoms with Gasteiger partial charge in [0.25, 0.3) is 0 Å². The van der Waals surface area contributed by atoms with Crippen LogP contribution in [0.4, 0.5) is 0 Å². The van der Waals surface area contributed by atoms with Gasteiger partial charge in [-0.2, -0.15) is 0 Å². The van der Waals surface area contributed by atoms with Gasteiger partial charge in [-0.05, 0) is 35.4 Å². The number of hydrogen-bond donors (Lipinski definition) is 0. The van der Waals surface area contributed by atoms with Crippen LogP contribution in [-0.2, 0) is 5.75 Å². The lowest BCUT2D eigenvalue weighted by Crippen LogP contribution is -1.81. The summed E-state index contributed by atoms with van der Waals surface area (Å²) in [5, 5.41) is 0. The fraction of sp³-hybridized carbons (Fsp3) is 0.0667. The zero-order valence-corrected chi connectivity index (χ0v) is 11.8. The second kappa shape index (κ2) is 6.08. The number of rotatable bonds is 4. The van der Waals surface area contributed by atoms with E-state index < -0.39 is 0 Å². The largest absolute Gasteiger partial charge is 0.121 e. The maximum Gasteiger partial charge on any atom is 0.0232 e. The molecule has 0 heterocycles. The first kappa shape index (κ1) is 12.5. The van der Waals surface area contributed by atoms with Crippen LogP contribution in [-0.4, -0.2) is 0 Å². The smallest absolute Gasteiger partial charge is 0.0232 e. The van der Waals surface area contributed by atoms with E-state index >= 15 is 0 Å². The molecule has 0 aliphatic carbocycles. The average Bonchev–Trinajstić information content (AvgIpc) is 2.39. The first-order valence-corrected chi connectivity index (χ1v) is 7.15. The molecule has 0 nitrogen and oxygen atoms in total. The third-order valence-corrected chi connectivity index (χ3v) is 4.05. The Morgan fingerprint density at radius 3 is 2.24 bits per heavy atom. The van der Waals surface area contributed by atoms with Crippen LogP contribution in [0, 0.1) is 0 Å². The Kier molecular flexibility index (Phi) is 4.46. The van der Waals surface area contributed by atoms with Crippen LogP contribution < -0.4 is 0 Å². The lowest BCUT2D eigenvalue weighted by atomic mass is 10.1. The Morgan fingerprint density at radius 1 is 1.00 bits per heavy atom. The molecule has 0 saturated heterocycles. The number of benzene rings is 2. The zero-order valence-electron chi connectivity index (χ0n) is 9.40. The van der Waals surface area contributed by atoms with Crippen LogP contribution in [0.3, 0.4) is 0 Å². The van der Waals surface area contributed by atoms with E-state index in [4.69, 9.17) is 0 Å². The van der Waals surface area contributed by atoms with E-state index in [9.17, 15) is 0 Å². The Bertz CT molecular complexity index is 485. The molecule has 0 bridgehead atoms. The molecule has 0 atom stereocenters. The third-order valence-electron chi connectivity index (χ3n) is 2.43. The molecule has 0 spiro atoms. The van der Waals surface area contributed by atoms with Crippen LogP contribution in [0.15, 0.2) is 64.5 Å². The van der Waals surface area contributed by atoms with Gasteiger partial charge in [-0.1, -0.05) is 52.9 Å². The van der Waals surface area contributed by atoms with Gasteiger partial charge in [0.15, 0.2) is 0 Å². The predicted molar refractivity (Wildman–Crippen MR) is 80.2 cm³/mol. The molecule has 0 N–H and O–H groups in total. The molecule has 0 aliphatic rings. The summed E-state index contributed by atoms with van der Waals surface area (Å²) in [5.41, 5.74) is 2.51. The maximum absolute atomic E-state index is 3.75. The van der Waals surface area contributed by atoms with E-state index in [0.717, 1.165) is 10.2 Å². The number of thioether (sulfide) groups is 1. The molecule has 2 aromatic rings. The van der Waals surface area contributed by atoms with Crippen molar-refractivity contribution in [1.29, 1.82) is 0 Å². The van der Waals surface area contributed by atoms with Gasteiger partial charge in [-0.3, -0.25) is 0 Å². The summed E-state index contributed by atoms with van der Waals surface area (Å²) in [4.78, 5) is 1.29. The molecule has 0 saturated carbocycles. The minimum Gasteiger partial charge on any atom is -0.121 e. The standard InChI is InChI=1S/C15H13BrS/c1-2-12-3-5-13(6-4-12)11-17-15-9-7-14(16)8-10-15/h2-10H,1,11H2. The molecule has 0 fully saturated rings. The van der Waals surface area contributed by atoms with Crippen molar-refractivity contribution >= 4 is 33.8 Å². The first-order valence-electron chi connectivity index (χ1n) is 5.37. The predicted octanol–water partition coefficient (Wildman–Crippen LogP) is 5.38. The van der Waals surface area contributed by atoms with Crippen molar-refractivity contribution in [1.82, 2.24) is 0 Å². The molecule has 2 heteroatoms. The van der Waals surface area contributed by atoms with Gasteiger partial charge in [-0.15, -0.1) is 11.8 Å². The van der Waals surface area contributed by atoms with Crippen LogP contribution in [0.25, 0.3) is 6.08 Å². The highest BCUT2D eigenvalue weighted by atomic mass is 79.9. The fourth-order valence-electron chi connectivity index (χ4n) is 1.45. The highest BCUT2D eigenvalue weighted by Crippen LogP contribution is 2.24. The molecule has 2 rings (SSSR count). The Hall–Kier alpha value is -0.990. The van der Waals surface area contributed by atoms with Gasteiger partial charge >= 0.3 is 0 Å². The van der Waals surface area contributed by atoms with Gasteiger partial charge in [0.1, 0.15) is 0 Å². The second-order valence-corrected chi connectivity index (χ2v) is 5.65. The fourth-order valence-corrected chi connectivity index (χ4v) is 2.57. The van der Waals surface area contributed by atoms with Gasteiger partial charge < -0.3 is 0 Å². The van der Waals surface area contributed by atoms with E-state index in [0.29, 0.717) is 0 Å². The van der Waals surface area contributed by atoms with E-state index in [1.54, 1.807) is 0 Å². The van der Waals surface area contributed by atoms with Crippen molar-refractivity contribution in [2.24, 2.45) is 0 Å². The molecule has 86 valence electrons. The van der Waals surface area contributed by atoms with Crippen molar-refractivity contribution in [3.63, 3.8) is 0 Å². The molecule has 0 radical (unpaired) electrons. The van der Waals surface area contributed by atoms with Crippen molar-refractivity contribution in [2.75, 3.05) is 0 Å². The lowest BCUT2D eigenvalue weighted by Gasteiger charge is -2.03. The molecule has 0 unspecified atom stereocenters. The molecule has 0 aromatic heterocycles. The monoisotopic (exact) mass is 304 g/mol. The summed E-state index contributed by atoms with van der Waals surface area (Å²) in [6.07, 6.45) is 1.87. The lowest BCUT2D eigenvalue weighted by molar-refractivity contribution is 1.37. The number of hydrogen-bond acceptors (Lipinski definition) is 1. The highest BCUT2D eigenvalue weighted by molar-refractivity contribution is 9.10. The highest BCUT2D eigenvalue weighted by Gasteiger charge is 1.96. The van der Waals surface area contributed by atoms with Crippen molar-refractivity contribution < 1.29 is 0 Å². The maximum atomic E-state index is 3.75. The molecule has 17 heavy (non-hydrogen) atoms. The van der Waals surface area contributed by atoms with Crippen LogP contribution in [0.5, 0.6) is 0 Å². The molecule has 0 aliphatic heterocycles. The van der Waals surface area contributed by atoms with Gasteiger partial charge in [-0.25, -0.2) is 0 Å². The minimum absolute atomic E-state index is 0.999. The SMILES string of the molecule is C=Cc1ccc(CSc2ccc(Br)cc2)cc1. The summed E-state index contributed by atoms with van der Waals surface area (Å²) in [6.45, 7) is 3.75. The zero-order chi connectivity index (χ0) is 12.1. The van der Waals surface area contributed by atoms with Crippen molar-refractivity contribution in [3.05, 3.63) is 70.7 Å². The molecular weight excluding hydrogens is 292 g/mol. The van der Waals surface area contributed by atoms with E-state index in [2.05, 4.69) is 71.0 Å². The first-order chi connectivity index (χ1) is 8.28. The van der Waals surface area contributed by atoms with Crippen LogP contribution in [0.2, 0.25) is 0 Å². The average molecular weight is 305 g/mol. The quantitative estimate of drug-likeness (QED) is 0.683. The summed E-state index contributed by atoms with van der Waals surface area (Å²) in [5.74, 6) is 0.999.